The molecule has 0 unspecified atom stereocenters. The third-order valence-corrected chi connectivity index (χ3v) is 0.958. The van der Waals surface area contributed by atoms with E-state index in [9.17, 15) is 0 Å². The third kappa shape index (κ3) is 3.47. The predicted octanol–water partition coefficient (Wildman–Crippen LogP) is 1.69. The molecule has 1 heteroatoms. The Balaban J connectivity index is 3.24. The van der Waals surface area contributed by atoms with Gasteiger partial charge in [0.15, 0.2) is 0 Å². The molecule has 0 atom stereocenters. The second-order valence-electron chi connectivity index (χ2n) is 1.64. The summed E-state index contributed by atoms with van der Waals surface area (Å²) in [5, 5.41) is 3.12. The van der Waals surface area contributed by atoms with Crippen LogP contribution in [0.2, 0.25) is 0 Å². The van der Waals surface area contributed by atoms with Crippen molar-refractivity contribution in [2.45, 2.75) is 13.8 Å². The molecule has 0 saturated heterocycles. The average molecular weight is 111 g/mol. The second kappa shape index (κ2) is 4.44. The van der Waals surface area contributed by atoms with Gasteiger partial charge in [0.05, 0.1) is 0 Å². The van der Waals surface area contributed by atoms with E-state index in [0.717, 1.165) is 6.54 Å². The number of allylic oxidation sites excluding steroid dienone is 2. The summed E-state index contributed by atoms with van der Waals surface area (Å²) >= 11 is 0. The monoisotopic (exact) mass is 111 g/mol. The van der Waals surface area contributed by atoms with Gasteiger partial charge in [-0.05, 0) is 13.8 Å². The molecule has 0 aliphatic rings. The zero-order chi connectivity index (χ0) is 6.41. The Morgan fingerprint density at radius 3 is 2.75 bits per heavy atom. The van der Waals surface area contributed by atoms with Gasteiger partial charge in [-0.25, -0.2) is 0 Å². The molecule has 0 saturated carbocycles. The average Bonchev–Trinajstić information content (AvgIpc) is 1.83. The Labute approximate surface area is 51.1 Å². The molecule has 0 heterocycles. The summed E-state index contributed by atoms with van der Waals surface area (Å²) in [4.78, 5) is 0. The van der Waals surface area contributed by atoms with Crippen LogP contribution < -0.4 is 5.32 Å². The van der Waals surface area contributed by atoms with Crippen molar-refractivity contribution in [1.82, 2.24) is 5.32 Å². The quantitative estimate of drug-likeness (QED) is 0.546. The highest BCUT2D eigenvalue weighted by atomic mass is 14.9. The van der Waals surface area contributed by atoms with E-state index in [1.54, 1.807) is 0 Å². The molecule has 0 rings (SSSR count). The molecule has 0 aromatic heterocycles. The molecule has 0 radical (unpaired) electrons. The Hall–Kier alpha value is -0.720. The van der Waals surface area contributed by atoms with Crippen LogP contribution in [-0.2, 0) is 0 Å². The van der Waals surface area contributed by atoms with E-state index in [4.69, 9.17) is 0 Å². The van der Waals surface area contributed by atoms with Gasteiger partial charge in [0, 0.05) is 12.2 Å². The highest BCUT2D eigenvalue weighted by Crippen LogP contribution is 1.81. The zero-order valence-electron chi connectivity index (χ0n) is 5.57. The normalized spacial score (nSPS) is 11.0. The van der Waals surface area contributed by atoms with Gasteiger partial charge in [-0.2, -0.15) is 0 Å². The lowest BCUT2D eigenvalue weighted by Gasteiger charge is -1.98. The van der Waals surface area contributed by atoms with E-state index in [1.165, 1.54) is 5.70 Å². The van der Waals surface area contributed by atoms with Crippen LogP contribution in [0.25, 0.3) is 0 Å². The van der Waals surface area contributed by atoms with Crippen molar-refractivity contribution >= 4 is 0 Å². The van der Waals surface area contributed by atoms with E-state index in [2.05, 4.69) is 11.9 Å². The molecule has 0 aromatic carbocycles. The minimum atomic E-state index is 0.857. The van der Waals surface area contributed by atoms with E-state index in [1.807, 2.05) is 26.0 Å². The topological polar surface area (TPSA) is 12.0 Å². The Kier molecular flexibility index (Phi) is 4.04. The third-order valence-electron chi connectivity index (χ3n) is 0.958. The fraction of sp³-hybridized carbons (Fsp3) is 0.429. The maximum atomic E-state index is 3.58. The van der Waals surface area contributed by atoms with E-state index in [-0.39, 0.29) is 0 Å². The van der Waals surface area contributed by atoms with Gasteiger partial charge in [0.1, 0.15) is 0 Å². The van der Waals surface area contributed by atoms with E-state index in [0.29, 0.717) is 0 Å². The first-order valence-corrected chi connectivity index (χ1v) is 2.79. The van der Waals surface area contributed by atoms with Gasteiger partial charge in [-0.1, -0.05) is 12.2 Å². The fourth-order valence-electron chi connectivity index (χ4n) is 0.335. The highest BCUT2D eigenvalue weighted by Gasteiger charge is 1.77. The van der Waals surface area contributed by atoms with E-state index >= 15 is 0 Å². The minimum absolute atomic E-state index is 0.857. The van der Waals surface area contributed by atoms with E-state index < -0.39 is 0 Å². The molecule has 46 valence electrons. The molecule has 1 N–H and O–H groups in total. The van der Waals surface area contributed by atoms with Crippen molar-refractivity contribution in [3.05, 3.63) is 24.4 Å². The van der Waals surface area contributed by atoms with Gasteiger partial charge in [-0.15, -0.1) is 6.58 Å². The molecule has 0 bridgehead atoms. The molecule has 0 aromatic rings. The lowest BCUT2D eigenvalue weighted by Crippen LogP contribution is -2.09. The van der Waals surface area contributed by atoms with Crippen LogP contribution in [-0.4, -0.2) is 6.54 Å². The van der Waals surface area contributed by atoms with Crippen molar-refractivity contribution in [3.63, 3.8) is 0 Å². The van der Waals surface area contributed by atoms with Crippen molar-refractivity contribution < 1.29 is 0 Å². The summed E-state index contributed by atoms with van der Waals surface area (Å²) in [6.45, 7) is 8.47. The summed E-state index contributed by atoms with van der Waals surface area (Å²) in [6.07, 6.45) is 3.87. The maximum Gasteiger partial charge on any atom is 0.0325 e. The Morgan fingerprint density at radius 2 is 2.38 bits per heavy atom. The summed E-state index contributed by atoms with van der Waals surface area (Å²) in [7, 11) is 0. The van der Waals surface area contributed by atoms with Crippen LogP contribution in [0.15, 0.2) is 24.4 Å². The van der Waals surface area contributed by atoms with Gasteiger partial charge in [0.25, 0.3) is 0 Å². The van der Waals surface area contributed by atoms with Crippen molar-refractivity contribution in [3.8, 4) is 0 Å². The molecule has 0 amide bonds. The van der Waals surface area contributed by atoms with Crippen molar-refractivity contribution in [2.75, 3.05) is 6.54 Å². The largest absolute Gasteiger partial charge is 0.385 e. The summed E-state index contributed by atoms with van der Waals surface area (Å²) in [6, 6.07) is 0. The van der Waals surface area contributed by atoms with Gasteiger partial charge < -0.3 is 5.32 Å². The van der Waals surface area contributed by atoms with Crippen LogP contribution in [0.3, 0.4) is 0 Å². The molecular formula is C7H13N. The second-order valence-corrected chi connectivity index (χ2v) is 1.64. The molecule has 0 fully saturated rings. The fourth-order valence-corrected chi connectivity index (χ4v) is 0.335. The van der Waals surface area contributed by atoms with Gasteiger partial charge in [-0.3, -0.25) is 0 Å². The van der Waals surface area contributed by atoms with Gasteiger partial charge >= 0.3 is 0 Å². The summed E-state index contributed by atoms with van der Waals surface area (Å²) in [5.74, 6) is 0. The number of hydrogen-bond donors (Lipinski definition) is 1. The number of nitrogens with one attached hydrogen (secondary N) is 1. The summed E-state index contributed by atoms with van der Waals surface area (Å²) in [5.41, 5.74) is 1.20. The minimum Gasteiger partial charge on any atom is -0.385 e. The molecule has 0 aliphatic heterocycles. The number of rotatable bonds is 3. The first kappa shape index (κ1) is 7.28. The van der Waals surface area contributed by atoms with Crippen LogP contribution in [0, 0.1) is 0 Å². The van der Waals surface area contributed by atoms with Crippen molar-refractivity contribution in [2.24, 2.45) is 0 Å². The first-order chi connectivity index (χ1) is 3.81. The molecule has 0 spiro atoms. The SMILES string of the molecule is C=CCN/C(C)=C/C. The van der Waals surface area contributed by atoms with Crippen molar-refractivity contribution in [1.29, 1.82) is 0 Å². The first-order valence-electron chi connectivity index (χ1n) is 2.79. The maximum absolute atomic E-state index is 3.58. The van der Waals surface area contributed by atoms with Gasteiger partial charge in [0.2, 0.25) is 0 Å². The molecule has 1 nitrogen and oxygen atoms in total. The van der Waals surface area contributed by atoms with Crippen LogP contribution in [0.4, 0.5) is 0 Å². The van der Waals surface area contributed by atoms with Crippen LogP contribution >= 0.6 is 0 Å². The molecule has 0 aliphatic carbocycles. The zero-order valence-corrected chi connectivity index (χ0v) is 5.57. The van der Waals surface area contributed by atoms with Crippen LogP contribution in [0.1, 0.15) is 13.8 Å². The number of hydrogen-bond acceptors (Lipinski definition) is 1. The smallest absolute Gasteiger partial charge is 0.0325 e. The highest BCUT2D eigenvalue weighted by molar-refractivity contribution is 4.94. The lowest BCUT2D eigenvalue weighted by atomic mass is 10.4. The molecular weight excluding hydrogens is 98.1 g/mol. The Bertz CT molecular complexity index is 92.6. The predicted molar refractivity (Wildman–Crippen MR) is 37.6 cm³/mol. The lowest BCUT2D eigenvalue weighted by molar-refractivity contribution is 0.902. The van der Waals surface area contributed by atoms with Crippen LogP contribution in [0.5, 0.6) is 0 Å². The molecule has 8 heavy (non-hydrogen) atoms. The Morgan fingerprint density at radius 1 is 1.75 bits per heavy atom. The summed E-state index contributed by atoms with van der Waals surface area (Å²) < 4.78 is 0. The standard InChI is InChI=1S/C7H13N/c1-4-6-8-7(3)5-2/h4-5,8H,1,6H2,2-3H3/b7-5+.